The van der Waals surface area contributed by atoms with Crippen molar-refractivity contribution in [3.05, 3.63) is 47.3 Å². The fourth-order valence-corrected chi connectivity index (χ4v) is 3.84. The number of aliphatic hydroxyl groups is 1. The average Bonchev–Trinajstić information content (AvgIpc) is 3.11. The van der Waals surface area contributed by atoms with Gasteiger partial charge in [-0.15, -0.1) is 0 Å². The maximum absolute atomic E-state index is 9.82. The predicted molar refractivity (Wildman–Crippen MR) is 97.4 cm³/mol. The standard InChI is InChI=1S/C20H29N3O/c1-20(2,3)19(14-24)22(4)13-17-16-11-8-12-18(16)23(21-17)15-9-6-5-7-10-15/h5-7,9-10,19,24H,8,11-14H2,1-4H3/t19-/m0/s1. The van der Waals surface area contributed by atoms with Crippen LogP contribution in [-0.2, 0) is 19.4 Å². The second kappa shape index (κ2) is 6.69. The van der Waals surface area contributed by atoms with E-state index in [4.69, 9.17) is 5.10 Å². The average molecular weight is 327 g/mol. The van der Waals surface area contributed by atoms with Crippen LogP contribution in [0.5, 0.6) is 0 Å². The van der Waals surface area contributed by atoms with Crippen LogP contribution in [-0.4, -0.2) is 39.5 Å². The van der Waals surface area contributed by atoms with E-state index in [0.717, 1.165) is 30.8 Å². The quantitative estimate of drug-likeness (QED) is 0.917. The molecule has 4 heteroatoms. The normalized spacial score (nSPS) is 15.8. The molecule has 1 aromatic carbocycles. The van der Waals surface area contributed by atoms with Crippen LogP contribution in [0.25, 0.3) is 5.69 Å². The summed E-state index contributed by atoms with van der Waals surface area (Å²) < 4.78 is 2.12. The molecule has 0 amide bonds. The Kier molecular flexibility index (Phi) is 4.79. The van der Waals surface area contributed by atoms with Crippen LogP contribution in [0, 0.1) is 5.41 Å². The molecule has 0 aliphatic heterocycles. The molecule has 1 heterocycles. The van der Waals surface area contributed by atoms with Gasteiger partial charge in [0.25, 0.3) is 0 Å². The maximum atomic E-state index is 9.82. The van der Waals surface area contributed by atoms with Crippen molar-refractivity contribution >= 4 is 0 Å². The summed E-state index contributed by atoms with van der Waals surface area (Å²) in [4.78, 5) is 2.25. The third-order valence-electron chi connectivity index (χ3n) is 5.12. The summed E-state index contributed by atoms with van der Waals surface area (Å²) in [6, 6.07) is 10.5. The van der Waals surface area contributed by atoms with Crippen LogP contribution >= 0.6 is 0 Å². The summed E-state index contributed by atoms with van der Waals surface area (Å²) in [6.07, 6.45) is 3.42. The van der Waals surface area contributed by atoms with Gasteiger partial charge in [0.1, 0.15) is 0 Å². The number of benzene rings is 1. The van der Waals surface area contributed by atoms with Gasteiger partial charge in [-0.2, -0.15) is 5.10 Å². The molecule has 1 atom stereocenters. The first-order valence-electron chi connectivity index (χ1n) is 8.88. The van der Waals surface area contributed by atoms with Crippen LogP contribution in [0.2, 0.25) is 0 Å². The Morgan fingerprint density at radius 3 is 2.54 bits per heavy atom. The van der Waals surface area contributed by atoms with Crippen molar-refractivity contribution < 1.29 is 5.11 Å². The molecule has 4 nitrogen and oxygen atoms in total. The van der Waals surface area contributed by atoms with E-state index in [-0.39, 0.29) is 18.1 Å². The molecule has 0 spiro atoms. The molecule has 1 N–H and O–H groups in total. The van der Waals surface area contributed by atoms with E-state index in [9.17, 15) is 5.11 Å². The number of hydrogen-bond donors (Lipinski definition) is 1. The van der Waals surface area contributed by atoms with Crippen molar-refractivity contribution in [1.29, 1.82) is 0 Å². The second-order valence-electron chi connectivity index (χ2n) is 7.95. The summed E-state index contributed by atoms with van der Waals surface area (Å²) >= 11 is 0. The van der Waals surface area contributed by atoms with Crippen LogP contribution < -0.4 is 0 Å². The van der Waals surface area contributed by atoms with Crippen molar-refractivity contribution in [3.63, 3.8) is 0 Å². The fourth-order valence-electron chi connectivity index (χ4n) is 3.84. The number of aromatic nitrogens is 2. The predicted octanol–water partition coefficient (Wildman–Crippen LogP) is 3.20. The van der Waals surface area contributed by atoms with Crippen molar-refractivity contribution in [1.82, 2.24) is 14.7 Å². The lowest BCUT2D eigenvalue weighted by molar-refractivity contribution is 0.0604. The zero-order valence-electron chi connectivity index (χ0n) is 15.3. The van der Waals surface area contributed by atoms with Gasteiger partial charge in [0, 0.05) is 18.3 Å². The SMILES string of the molecule is CN(Cc1nn(-c2ccccc2)c2c1CCC2)[C@@H](CO)C(C)(C)C. The summed E-state index contributed by atoms with van der Waals surface area (Å²) in [6.45, 7) is 7.48. The summed E-state index contributed by atoms with van der Waals surface area (Å²) in [7, 11) is 2.09. The topological polar surface area (TPSA) is 41.3 Å². The number of aliphatic hydroxyl groups excluding tert-OH is 1. The van der Waals surface area contributed by atoms with Crippen molar-refractivity contribution in [3.8, 4) is 5.69 Å². The molecule has 1 aromatic heterocycles. The van der Waals surface area contributed by atoms with E-state index < -0.39 is 0 Å². The number of likely N-dealkylation sites (N-methyl/N-ethyl adjacent to an activating group) is 1. The Balaban J connectivity index is 1.90. The van der Waals surface area contributed by atoms with E-state index >= 15 is 0 Å². The minimum atomic E-state index is 0.0364. The number of nitrogens with zero attached hydrogens (tertiary/aromatic N) is 3. The van der Waals surface area contributed by atoms with Gasteiger partial charge in [-0.05, 0) is 49.4 Å². The van der Waals surface area contributed by atoms with Gasteiger partial charge in [-0.1, -0.05) is 39.0 Å². The lowest BCUT2D eigenvalue weighted by Crippen LogP contribution is -2.44. The van der Waals surface area contributed by atoms with Gasteiger partial charge in [-0.3, -0.25) is 4.90 Å². The van der Waals surface area contributed by atoms with Crippen molar-refractivity contribution in [2.24, 2.45) is 5.41 Å². The van der Waals surface area contributed by atoms with E-state index in [1.165, 1.54) is 17.7 Å². The highest BCUT2D eigenvalue weighted by molar-refractivity contribution is 5.39. The minimum Gasteiger partial charge on any atom is -0.395 e. The highest BCUT2D eigenvalue weighted by atomic mass is 16.3. The summed E-state index contributed by atoms with van der Waals surface area (Å²) in [5.41, 5.74) is 5.11. The zero-order valence-corrected chi connectivity index (χ0v) is 15.3. The first-order valence-corrected chi connectivity index (χ1v) is 8.88. The van der Waals surface area contributed by atoms with E-state index in [1.54, 1.807) is 0 Å². The van der Waals surface area contributed by atoms with Gasteiger partial charge < -0.3 is 5.11 Å². The smallest absolute Gasteiger partial charge is 0.0804 e. The van der Waals surface area contributed by atoms with E-state index in [1.807, 2.05) is 6.07 Å². The Bertz CT molecular complexity index is 685. The Morgan fingerprint density at radius 1 is 1.21 bits per heavy atom. The monoisotopic (exact) mass is 327 g/mol. The number of para-hydroxylation sites is 1. The molecular weight excluding hydrogens is 298 g/mol. The summed E-state index contributed by atoms with van der Waals surface area (Å²) in [5, 5.41) is 14.8. The molecule has 0 bridgehead atoms. The molecule has 0 fully saturated rings. The Labute approximate surface area is 145 Å². The molecule has 0 radical (unpaired) electrons. The zero-order chi connectivity index (χ0) is 17.3. The van der Waals surface area contributed by atoms with Crippen molar-refractivity contribution in [2.75, 3.05) is 13.7 Å². The van der Waals surface area contributed by atoms with Gasteiger partial charge in [-0.25, -0.2) is 4.68 Å². The highest BCUT2D eigenvalue weighted by Crippen LogP contribution is 2.30. The molecule has 1 aliphatic carbocycles. The molecule has 24 heavy (non-hydrogen) atoms. The van der Waals surface area contributed by atoms with Gasteiger partial charge in [0.05, 0.1) is 18.0 Å². The van der Waals surface area contributed by atoms with Crippen LogP contribution in [0.15, 0.2) is 30.3 Å². The van der Waals surface area contributed by atoms with Crippen LogP contribution in [0.3, 0.4) is 0 Å². The van der Waals surface area contributed by atoms with Gasteiger partial charge >= 0.3 is 0 Å². The first kappa shape index (κ1) is 17.2. The Morgan fingerprint density at radius 2 is 1.92 bits per heavy atom. The lowest BCUT2D eigenvalue weighted by Gasteiger charge is -2.36. The van der Waals surface area contributed by atoms with Gasteiger partial charge in [0.2, 0.25) is 0 Å². The second-order valence-corrected chi connectivity index (χ2v) is 7.95. The molecule has 2 aromatic rings. The molecule has 0 saturated carbocycles. The summed E-state index contributed by atoms with van der Waals surface area (Å²) in [5.74, 6) is 0. The third-order valence-corrected chi connectivity index (χ3v) is 5.12. The first-order chi connectivity index (χ1) is 11.4. The highest BCUT2D eigenvalue weighted by Gasteiger charge is 2.30. The maximum Gasteiger partial charge on any atom is 0.0804 e. The number of rotatable bonds is 5. The molecular formula is C20H29N3O. The number of hydrogen-bond acceptors (Lipinski definition) is 3. The molecule has 3 rings (SSSR count). The number of fused-ring (bicyclic) bond motifs is 1. The van der Waals surface area contributed by atoms with E-state index in [2.05, 4.69) is 61.7 Å². The third kappa shape index (κ3) is 3.26. The van der Waals surface area contributed by atoms with Gasteiger partial charge in [0.15, 0.2) is 0 Å². The van der Waals surface area contributed by atoms with Crippen LogP contribution in [0.1, 0.15) is 44.1 Å². The molecule has 0 saturated heterocycles. The molecule has 130 valence electrons. The largest absolute Gasteiger partial charge is 0.395 e. The van der Waals surface area contributed by atoms with Crippen LogP contribution in [0.4, 0.5) is 0 Å². The van der Waals surface area contributed by atoms with Crippen molar-refractivity contribution in [2.45, 2.75) is 52.6 Å². The molecule has 1 aliphatic rings. The molecule has 0 unspecified atom stereocenters. The Hall–Kier alpha value is -1.65. The minimum absolute atomic E-state index is 0.0364. The lowest BCUT2D eigenvalue weighted by atomic mass is 9.86. The fraction of sp³-hybridized carbons (Fsp3) is 0.550. The van der Waals surface area contributed by atoms with E-state index in [0.29, 0.717) is 0 Å².